The van der Waals surface area contributed by atoms with Gasteiger partial charge in [0, 0.05) is 23.0 Å². The molecule has 0 amide bonds. The maximum absolute atomic E-state index is 13.8. The fourth-order valence-corrected chi connectivity index (χ4v) is 4.47. The topological polar surface area (TPSA) is 65.6 Å². The van der Waals surface area contributed by atoms with Crippen LogP contribution in [0.2, 0.25) is 5.02 Å². The lowest BCUT2D eigenvalue weighted by atomic mass is 10.0. The van der Waals surface area contributed by atoms with E-state index in [9.17, 15) is 4.79 Å². The Labute approximate surface area is 212 Å². The highest BCUT2D eigenvalue weighted by Gasteiger charge is 2.19. The summed E-state index contributed by atoms with van der Waals surface area (Å²) >= 11 is 6.13. The van der Waals surface area contributed by atoms with Crippen LogP contribution >= 0.6 is 11.6 Å². The van der Waals surface area contributed by atoms with Gasteiger partial charge in [0.1, 0.15) is 11.2 Å². The molecule has 0 spiro atoms. The van der Waals surface area contributed by atoms with E-state index in [0.717, 1.165) is 27.9 Å². The number of rotatable bonds is 4. The van der Waals surface area contributed by atoms with Crippen molar-refractivity contribution in [1.82, 2.24) is 24.3 Å². The maximum atomic E-state index is 13.8. The predicted molar refractivity (Wildman–Crippen MR) is 143 cm³/mol. The monoisotopic (exact) mass is 489 g/mol. The first-order valence-electron chi connectivity index (χ1n) is 11.4. The number of aromatic nitrogens is 5. The smallest absolute Gasteiger partial charge is 0.268 e. The van der Waals surface area contributed by atoms with Crippen LogP contribution in [0.25, 0.3) is 44.9 Å². The summed E-state index contributed by atoms with van der Waals surface area (Å²) in [5, 5.41) is 5.51. The molecule has 0 saturated heterocycles. The van der Waals surface area contributed by atoms with Gasteiger partial charge in [-0.1, -0.05) is 54.1 Å². The van der Waals surface area contributed by atoms with E-state index in [-0.39, 0.29) is 5.56 Å². The van der Waals surface area contributed by atoms with Gasteiger partial charge in [-0.25, -0.2) is 9.67 Å². The summed E-state index contributed by atoms with van der Waals surface area (Å²) in [6.45, 7) is 2.04. The van der Waals surface area contributed by atoms with Gasteiger partial charge in [0.2, 0.25) is 0 Å². The van der Waals surface area contributed by atoms with Crippen LogP contribution in [0.15, 0.2) is 108 Å². The largest absolute Gasteiger partial charge is 0.269 e. The third kappa shape index (κ3) is 3.78. The van der Waals surface area contributed by atoms with Gasteiger partial charge >= 0.3 is 0 Å². The van der Waals surface area contributed by atoms with E-state index in [1.807, 2.05) is 85.9 Å². The number of pyridine rings is 1. The first kappa shape index (κ1) is 21.9. The van der Waals surface area contributed by atoms with Crippen molar-refractivity contribution in [3.8, 4) is 33.9 Å². The molecule has 0 N–H and O–H groups in total. The standard InChI is InChI=1S/C29H20ClN5O/c1-19-17-31-16-15-25(19)20-7-9-21(10-8-20)27-33-28-26(18-32-35(28)24-5-3-2-4-6-24)29(36)34(27)23-13-11-22(30)12-14-23/h2-18H,1H3. The number of nitrogens with zero attached hydrogens (tertiary/aromatic N) is 5. The third-order valence-corrected chi connectivity index (χ3v) is 6.41. The quantitative estimate of drug-likeness (QED) is 0.293. The van der Waals surface area contributed by atoms with E-state index >= 15 is 0 Å². The zero-order chi connectivity index (χ0) is 24.6. The van der Waals surface area contributed by atoms with E-state index < -0.39 is 0 Å². The minimum Gasteiger partial charge on any atom is -0.268 e. The van der Waals surface area contributed by atoms with Crippen molar-refractivity contribution in [3.05, 3.63) is 124 Å². The summed E-state index contributed by atoms with van der Waals surface area (Å²) in [6.07, 6.45) is 5.21. The summed E-state index contributed by atoms with van der Waals surface area (Å²) in [4.78, 5) is 23.0. The van der Waals surface area contributed by atoms with Gasteiger partial charge in [-0.15, -0.1) is 0 Å². The molecule has 0 aliphatic carbocycles. The Kier molecular flexibility index (Phi) is 5.43. The van der Waals surface area contributed by atoms with Crippen LogP contribution in [-0.2, 0) is 0 Å². The minimum absolute atomic E-state index is 0.200. The molecule has 7 heteroatoms. The molecular weight excluding hydrogens is 470 g/mol. The van der Waals surface area contributed by atoms with Crippen molar-refractivity contribution in [2.24, 2.45) is 0 Å². The Morgan fingerprint density at radius 1 is 0.778 bits per heavy atom. The average Bonchev–Trinajstić information content (AvgIpc) is 3.35. The van der Waals surface area contributed by atoms with Gasteiger partial charge < -0.3 is 0 Å². The maximum Gasteiger partial charge on any atom is 0.269 e. The lowest BCUT2D eigenvalue weighted by Gasteiger charge is -2.14. The van der Waals surface area contributed by atoms with Crippen molar-refractivity contribution in [2.45, 2.75) is 6.92 Å². The lowest BCUT2D eigenvalue weighted by molar-refractivity contribution is 0.888. The molecule has 0 bridgehead atoms. The van der Waals surface area contributed by atoms with Gasteiger partial charge in [0.15, 0.2) is 5.65 Å². The number of aryl methyl sites for hydroxylation is 1. The van der Waals surface area contributed by atoms with E-state index in [1.54, 1.807) is 33.8 Å². The van der Waals surface area contributed by atoms with Crippen LogP contribution in [0.3, 0.4) is 0 Å². The number of fused-ring (bicyclic) bond motifs is 1. The third-order valence-electron chi connectivity index (χ3n) is 6.16. The molecule has 0 fully saturated rings. The highest BCUT2D eigenvalue weighted by Crippen LogP contribution is 2.28. The highest BCUT2D eigenvalue weighted by molar-refractivity contribution is 6.30. The van der Waals surface area contributed by atoms with Crippen LogP contribution in [0.5, 0.6) is 0 Å². The van der Waals surface area contributed by atoms with E-state index in [2.05, 4.69) is 10.1 Å². The molecule has 6 aromatic rings. The van der Waals surface area contributed by atoms with Crippen molar-refractivity contribution in [2.75, 3.05) is 0 Å². The summed E-state index contributed by atoms with van der Waals surface area (Å²) in [6, 6.07) is 26.9. The summed E-state index contributed by atoms with van der Waals surface area (Å²) in [7, 11) is 0. The zero-order valence-corrected chi connectivity index (χ0v) is 20.1. The molecule has 0 radical (unpaired) electrons. The fourth-order valence-electron chi connectivity index (χ4n) is 4.35. The van der Waals surface area contributed by atoms with Gasteiger partial charge in [0.25, 0.3) is 5.56 Å². The Morgan fingerprint density at radius 3 is 2.22 bits per heavy atom. The number of benzene rings is 3. The number of hydrogen-bond donors (Lipinski definition) is 0. The van der Waals surface area contributed by atoms with Crippen LogP contribution in [0.4, 0.5) is 0 Å². The van der Waals surface area contributed by atoms with E-state index in [0.29, 0.717) is 27.6 Å². The molecule has 3 heterocycles. The van der Waals surface area contributed by atoms with Gasteiger partial charge in [-0.05, 0) is 66.1 Å². The van der Waals surface area contributed by atoms with E-state index in [1.165, 1.54) is 0 Å². The first-order chi connectivity index (χ1) is 17.6. The molecule has 36 heavy (non-hydrogen) atoms. The number of hydrogen-bond acceptors (Lipinski definition) is 4. The van der Waals surface area contributed by atoms with Crippen molar-refractivity contribution in [3.63, 3.8) is 0 Å². The fraction of sp³-hybridized carbons (Fsp3) is 0.0345. The number of para-hydroxylation sites is 1. The van der Waals surface area contributed by atoms with Gasteiger partial charge in [0.05, 0.1) is 17.6 Å². The second kappa shape index (κ2) is 8.91. The molecule has 0 atom stereocenters. The minimum atomic E-state index is -0.200. The molecule has 3 aromatic carbocycles. The number of halogens is 1. The molecule has 0 unspecified atom stereocenters. The van der Waals surface area contributed by atoms with Gasteiger partial charge in [-0.2, -0.15) is 5.10 Å². The van der Waals surface area contributed by atoms with E-state index in [4.69, 9.17) is 16.6 Å². The van der Waals surface area contributed by atoms with Crippen LogP contribution in [0, 0.1) is 6.92 Å². The Morgan fingerprint density at radius 2 is 1.50 bits per heavy atom. The molecule has 0 saturated carbocycles. The molecule has 6 rings (SSSR count). The zero-order valence-electron chi connectivity index (χ0n) is 19.3. The summed E-state index contributed by atoms with van der Waals surface area (Å²) in [5.74, 6) is 0.519. The van der Waals surface area contributed by atoms with Crippen LogP contribution < -0.4 is 5.56 Å². The normalized spacial score (nSPS) is 11.2. The van der Waals surface area contributed by atoms with Crippen molar-refractivity contribution in [1.29, 1.82) is 0 Å². The molecule has 0 aliphatic heterocycles. The van der Waals surface area contributed by atoms with Crippen LogP contribution in [0.1, 0.15) is 5.56 Å². The average molecular weight is 490 g/mol. The highest BCUT2D eigenvalue weighted by atomic mass is 35.5. The van der Waals surface area contributed by atoms with Gasteiger partial charge in [-0.3, -0.25) is 14.3 Å². The summed E-state index contributed by atoms with van der Waals surface area (Å²) < 4.78 is 3.31. The molecular formula is C29H20ClN5O. The Bertz CT molecular complexity index is 1760. The second-order valence-corrected chi connectivity index (χ2v) is 8.89. The molecule has 6 nitrogen and oxygen atoms in total. The first-order valence-corrected chi connectivity index (χ1v) is 11.8. The molecule has 174 valence electrons. The SMILES string of the molecule is Cc1cnccc1-c1ccc(-c2nc3c(cnn3-c3ccccc3)c(=O)n2-c2ccc(Cl)cc2)cc1. The summed E-state index contributed by atoms with van der Waals surface area (Å²) in [5.41, 5.74) is 5.88. The molecule has 0 aliphatic rings. The molecule has 3 aromatic heterocycles. The lowest BCUT2D eigenvalue weighted by Crippen LogP contribution is -2.22. The Balaban J connectivity index is 1.59. The van der Waals surface area contributed by atoms with Crippen molar-refractivity contribution < 1.29 is 0 Å². The second-order valence-electron chi connectivity index (χ2n) is 8.45. The predicted octanol–water partition coefficient (Wildman–Crippen LogP) is 6.26. The van der Waals surface area contributed by atoms with Crippen LogP contribution in [-0.4, -0.2) is 24.3 Å². The Hall–Kier alpha value is -4.55. The van der Waals surface area contributed by atoms with Crippen molar-refractivity contribution >= 4 is 22.6 Å².